The van der Waals surface area contributed by atoms with Gasteiger partial charge in [0.1, 0.15) is 5.75 Å². The zero-order chi connectivity index (χ0) is 26.8. The predicted molar refractivity (Wildman–Crippen MR) is 143 cm³/mol. The molecule has 3 aromatic heterocycles. The average Bonchev–Trinajstić information content (AvgIpc) is 3.39. The maximum Gasteiger partial charge on any atom is 0.254 e. The summed E-state index contributed by atoms with van der Waals surface area (Å²) in [6.45, 7) is 3.91. The lowest BCUT2D eigenvalue weighted by Gasteiger charge is -2.15. The molecule has 188 valence electrons. The van der Waals surface area contributed by atoms with Crippen molar-refractivity contribution in [3.05, 3.63) is 83.3 Å². The number of H-pyrrole nitrogens is 1. The molecule has 0 aliphatic heterocycles. The molecule has 0 radical (unpaired) electrons. The number of hydrogen-bond donors (Lipinski definition) is 2. The number of anilines is 2. The minimum Gasteiger partial charge on any atom is -0.436 e. The molecule has 0 spiro atoms. The van der Waals surface area contributed by atoms with Gasteiger partial charge in [-0.05, 0) is 73.5 Å². The van der Waals surface area contributed by atoms with Gasteiger partial charge in [0, 0.05) is 31.5 Å². The third-order valence-electron chi connectivity index (χ3n) is 5.89. The van der Waals surface area contributed by atoms with E-state index in [1.54, 1.807) is 50.6 Å². The average molecular weight is 505 g/mol. The number of nitrogens with zero attached hydrogens (tertiary/aromatic N) is 6. The Kier molecular flexibility index (Phi) is 6.41. The Labute approximate surface area is 219 Å². The topological polar surface area (TPSA) is 133 Å². The number of nitrogens with one attached hydrogen (secondary N) is 2. The van der Waals surface area contributed by atoms with Crippen LogP contribution in [0, 0.1) is 25.2 Å². The summed E-state index contributed by atoms with van der Waals surface area (Å²) in [5, 5.41) is 12.2. The lowest BCUT2D eigenvalue weighted by Crippen LogP contribution is -2.21. The van der Waals surface area contributed by atoms with Crippen molar-refractivity contribution in [2.75, 3.05) is 19.4 Å². The second kappa shape index (κ2) is 9.99. The number of aryl methyl sites for hydroxylation is 2. The number of hydrogen-bond acceptors (Lipinski definition) is 8. The highest BCUT2D eigenvalue weighted by atomic mass is 16.5. The van der Waals surface area contributed by atoms with Gasteiger partial charge in [0.25, 0.3) is 11.8 Å². The minimum atomic E-state index is -0.0947. The molecule has 0 saturated heterocycles. The van der Waals surface area contributed by atoms with E-state index in [9.17, 15) is 4.79 Å². The van der Waals surface area contributed by atoms with Gasteiger partial charge in [0.05, 0.1) is 29.2 Å². The number of imidazole rings is 1. The highest BCUT2D eigenvalue weighted by Crippen LogP contribution is 2.34. The minimum absolute atomic E-state index is 0.0947. The Hall–Kier alpha value is -5.30. The molecule has 5 rings (SSSR count). The van der Waals surface area contributed by atoms with Crippen LogP contribution in [0.1, 0.15) is 27.0 Å². The van der Waals surface area contributed by atoms with Crippen molar-refractivity contribution in [3.8, 4) is 29.0 Å². The van der Waals surface area contributed by atoms with Gasteiger partial charge in [-0.25, -0.2) is 4.98 Å². The van der Waals surface area contributed by atoms with E-state index in [0.29, 0.717) is 39.9 Å². The van der Waals surface area contributed by atoms with Crippen LogP contribution >= 0.6 is 0 Å². The van der Waals surface area contributed by atoms with E-state index < -0.39 is 0 Å². The van der Waals surface area contributed by atoms with Crippen LogP contribution in [0.2, 0.25) is 0 Å². The number of aromatic amines is 1. The summed E-state index contributed by atoms with van der Waals surface area (Å²) in [4.78, 5) is 34.6. The van der Waals surface area contributed by atoms with Gasteiger partial charge in [0.2, 0.25) is 5.95 Å². The van der Waals surface area contributed by atoms with Crippen LogP contribution in [-0.4, -0.2) is 49.8 Å². The number of benzene rings is 2. The number of amides is 1. The van der Waals surface area contributed by atoms with Crippen LogP contribution in [0.15, 0.2) is 61.1 Å². The Morgan fingerprint density at radius 1 is 1.03 bits per heavy atom. The quantitative estimate of drug-likeness (QED) is 0.325. The number of fused-ring (bicyclic) bond motifs is 1. The van der Waals surface area contributed by atoms with Crippen molar-refractivity contribution in [1.29, 1.82) is 5.26 Å². The Bertz CT molecular complexity index is 1660. The normalized spacial score (nSPS) is 10.7. The van der Waals surface area contributed by atoms with Gasteiger partial charge in [0.15, 0.2) is 11.2 Å². The first-order chi connectivity index (χ1) is 18.3. The lowest BCUT2D eigenvalue weighted by atomic mass is 10.0. The summed E-state index contributed by atoms with van der Waals surface area (Å²) < 4.78 is 6.31. The summed E-state index contributed by atoms with van der Waals surface area (Å²) in [6, 6.07) is 16.7. The standard InChI is InChI=1S/C28H24N8O2/c1-16-11-20(22-10-7-19(14-30-22)27(37)36(3)4)12-17(2)24(16)38-26-23-25(32-15-31-23)34-28(35-26)33-21-8-5-18(13-29)6-9-21/h5-12,14-15H,1-4H3,(H2,31,32,33,34,35). The van der Waals surface area contributed by atoms with E-state index in [1.165, 1.54) is 11.2 Å². The Morgan fingerprint density at radius 2 is 1.76 bits per heavy atom. The van der Waals surface area contributed by atoms with Crippen LogP contribution in [-0.2, 0) is 0 Å². The summed E-state index contributed by atoms with van der Waals surface area (Å²) in [5.41, 5.74) is 6.29. The molecule has 0 fully saturated rings. The van der Waals surface area contributed by atoms with Gasteiger partial charge in [-0.1, -0.05) is 0 Å². The fraction of sp³-hybridized carbons (Fsp3) is 0.143. The van der Waals surface area contributed by atoms with Gasteiger partial charge >= 0.3 is 0 Å². The molecule has 10 heteroatoms. The van der Waals surface area contributed by atoms with E-state index in [4.69, 9.17) is 10.00 Å². The maximum absolute atomic E-state index is 12.2. The molecule has 0 bridgehead atoms. The highest BCUT2D eigenvalue weighted by molar-refractivity contribution is 5.93. The highest BCUT2D eigenvalue weighted by Gasteiger charge is 2.17. The van der Waals surface area contributed by atoms with Crippen molar-refractivity contribution in [2.45, 2.75) is 13.8 Å². The molecular formula is C28H24N8O2. The van der Waals surface area contributed by atoms with Crippen molar-refractivity contribution in [1.82, 2.24) is 29.8 Å². The maximum atomic E-state index is 12.2. The third kappa shape index (κ3) is 4.85. The number of nitriles is 1. The Morgan fingerprint density at radius 3 is 2.39 bits per heavy atom. The SMILES string of the molecule is Cc1cc(-c2ccc(C(=O)N(C)C)cn2)cc(C)c1Oc1nc(Nc2ccc(C#N)cc2)nc2[nH]cnc12. The number of carbonyl (C=O) groups is 1. The molecular weight excluding hydrogens is 480 g/mol. The lowest BCUT2D eigenvalue weighted by molar-refractivity contribution is 0.0827. The van der Waals surface area contributed by atoms with E-state index in [0.717, 1.165) is 28.1 Å². The van der Waals surface area contributed by atoms with Gasteiger partial charge < -0.3 is 19.9 Å². The van der Waals surface area contributed by atoms with Crippen LogP contribution < -0.4 is 10.1 Å². The summed E-state index contributed by atoms with van der Waals surface area (Å²) >= 11 is 0. The molecule has 2 aromatic carbocycles. The van der Waals surface area contributed by atoms with Gasteiger partial charge in [-0.3, -0.25) is 9.78 Å². The van der Waals surface area contributed by atoms with Gasteiger partial charge in [-0.2, -0.15) is 15.2 Å². The number of rotatable bonds is 6. The van der Waals surface area contributed by atoms with E-state index in [1.807, 2.05) is 32.0 Å². The molecule has 0 unspecified atom stereocenters. The smallest absolute Gasteiger partial charge is 0.254 e. The fourth-order valence-corrected chi connectivity index (χ4v) is 4.00. The molecule has 0 aliphatic rings. The van der Waals surface area contributed by atoms with Crippen LogP contribution in [0.3, 0.4) is 0 Å². The number of ether oxygens (including phenoxy) is 1. The number of carbonyl (C=O) groups excluding carboxylic acids is 1. The molecule has 2 N–H and O–H groups in total. The van der Waals surface area contributed by atoms with E-state index >= 15 is 0 Å². The van der Waals surface area contributed by atoms with Crippen molar-refractivity contribution in [3.63, 3.8) is 0 Å². The molecule has 1 amide bonds. The molecule has 3 heterocycles. The van der Waals surface area contributed by atoms with Crippen LogP contribution in [0.5, 0.6) is 11.6 Å². The molecule has 0 atom stereocenters. The Balaban J connectivity index is 1.44. The molecule has 0 saturated carbocycles. The number of pyridine rings is 1. The summed E-state index contributed by atoms with van der Waals surface area (Å²) in [6.07, 6.45) is 3.13. The first kappa shape index (κ1) is 24.4. The monoisotopic (exact) mass is 504 g/mol. The largest absolute Gasteiger partial charge is 0.436 e. The van der Waals surface area contributed by atoms with E-state index in [2.05, 4.69) is 36.3 Å². The fourth-order valence-electron chi connectivity index (χ4n) is 4.00. The van der Waals surface area contributed by atoms with Crippen LogP contribution in [0.25, 0.3) is 22.4 Å². The second-order valence-corrected chi connectivity index (χ2v) is 8.94. The summed E-state index contributed by atoms with van der Waals surface area (Å²) in [7, 11) is 3.42. The zero-order valence-corrected chi connectivity index (χ0v) is 21.3. The van der Waals surface area contributed by atoms with Gasteiger partial charge in [-0.15, -0.1) is 0 Å². The molecule has 5 aromatic rings. The predicted octanol–water partition coefficient (Wildman–Crippen LogP) is 5.14. The second-order valence-electron chi connectivity index (χ2n) is 8.94. The molecule has 10 nitrogen and oxygen atoms in total. The van der Waals surface area contributed by atoms with Crippen LogP contribution in [0.4, 0.5) is 11.6 Å². The van der Waals surface area contributed by atoms with Crippen molar-refractivity contribution >= 4 is 28.7 Å². The van der Waals surface area contributed by atoms with E-state index in [-0.39, 0.29) is 5.91 Å². The first-order valence-electron chi connectivity index (χ1n) is 11.8. The third-order valence-corrected chi connectivity index (χ3v) is 5.89. The molecule has 0 aliphatic carbocycles. The first-order valence-corrected chi connectivity index (χ1v) is 11.8. The number of aromatic nitrogens is 5. The van der Waals surface area contributed by atoms with Crippen molar-refractivity contribution in [2.24, 2.45) is 0 Å². The van der Waals surface area contributed by atoms with Crippen molar-refractivity contribution < 1.29 is 9.53 Å². The zero-order valence-electron chi connectivity index (χ0n) is 21.3. The summed E-state index contributed by atoms with van der Waals surface area (Å²) in [5.74, 6) is 1.18. The molecule has 38 heavy (non-hydrogen) atoms.